The van der Waals surface area contributed by atoms with Gasteiger partial charge < -0.3 is 10.1 Å². The number of halogens is 2. The molecule has 8 heteroatoms. The summed E-state index contributed by atoms with van der Waals surface area (Å²) < 4.78 is 22.3. The van der Waals surface area contributed by atoms with E-state index in [0.29, 0.717) is 23.6 Å². The molecule has 1 aliphatic rings. The Balaban J connectivity index is 1.63. The summed E-state index contributed by atoms with van der Waals surface area (Å²) in [5.74, 6) is -0.594. The second kappa shape index (κ2) is 8.24. The third-order valence-corrected chi connectivity index (χ3v) is 7.52. The van der Waals surface area contributed by atoms with Gasteiger partial charge in [-0.05, 0) is 70.6 Å². The molecule has 0 radical (unpaired) electrons. The van der Waals surface area contributed by atoms with Crippen molar-refractivity contribution in [2.75, 3.05) is 11.9 Å². The Hall–Kier alpha value is -2.04. The van der Waals surface area contributed by atoms with Gasteiger partial charge in [-0.1, -0.05) is 25.7 Å². The summed E-state index contributed by atoms with van der Waals surface area (Å²) in [4.78, 5) is 12.4. The molecule has 0 saturated heterocycles. The zero-order chi connectivity index (χ0) is 21.5. The fourth-order valence-corrected chi connectivity index (χ4v) is 4.81. The second-order valence-corrected chi connectivity index (χ2v) is 15.3. The maximum absolute atomic E-state index is 13.7. The Morgan fingerprint density at radius 2 is 2.03 bits per heavy atom. The average molecular weight is 535 g/mol. The fraction of sp³-hybridized carbons (Fsp3) is 0.273. The number of nitrogens with zero attached hydrogens (tertiary/aromatic N) is 2. The van der Waals surface area contributed by atoms with Gasteiger partial charge in [0, 0.05) is 36.9 Å². The van der Waals surface area contributed by atoms with Gasteiger partial charge in [-0.15, -0.1) is 0 Å². The van der Waals surface area contributed by atoms with Gasteiger partial charge in [-0.2, -0.15) is 5.10 Å². The van der Waals surface area contributed by atoms with Crippen molar-refractivity contribution in [2.24, 2.45) is 0 Å². The fourth-order valence-electron chi connectivity index (χ4n) is 3.34. The summed E-state index contributed by atoms with van der Waals surface area (Å²) in [7, 11) is -1.14. The van der Waals surface area contributed by atoms with Crippen LogP contribution in [-0.2, 0) is 16.3 Å². The average Bonchev–Trinajstić information content (AvgIpc) is 3.15. The Labute approximate surface area is 189 Å². The number of hydrogen-bond acceptors (Lipinski definition) is 3. The summed E-state index contributed by atoms with van der Waals surface area (Å²) in [6.45, 7) is 8.08. The lowest BCUT2D eigenvalue weighted by Gasteiger charge is -2.15. The number of benzene rings is 2. The molecule has 2 heterocycles. The van der Waals surface area contributed by atoms with E-state index in [1.54, 1.807) is 12.1 Å². The third kappa shape index (κ3) is 4.50. The maximum Gasteiger partial charge on any atom is 0.256 e. The molecule has 156 valence electrons. The van der Waals surface area contributed by atoms with Crippen molar-refractivity contribution >= 4 is 64.8 Å². The predicted molar refractivity (Wildman–Crippen MR) is 129 cm³/mol. The minimum Gasteiger partial charge on any atom is -0.360 e. The number of amides is 1. The molecule has 0 atom stereocenters. The van der Waals surface area contributed by atoms with Gasteiger partial charge in [0.2, 0.25) is 0 Å². The highest BCUT2D eigenvalue weighted by Gasteiger charge is 2.24. The zero-order valence-corrected chi connectivity index (χ0v) is 20.3. The van der Waals surface area contributed by atoms with Gasteiger partial charge in [0.25, 0.3) is 5.91 Å². The number of fused-ring (bicyclic) bond motifs is 2. The van der Waals surface area contributed by atoms with Crippen LogP contribution in [0.15, 0.2) is 36.4 Å². The van der Waals surface area contributed by atoms with Crippen LogP contribution in [0.2, 0.25) is 25.7 Å². The first kappa shape index (κ1) is 21.2. The van der Waals surface area contributed by atoms with Crippen molar-refractivity contribution in [3.8, 4) is 0 Å². The molecule has 30 heavy (non-hydrogen) atoms. The maximum atomic E-state index is 13.7. The van der Waals surface area contributed by atoms with Crippen molar-refractivity contribution < 1.29 is 13.9 Å². The van der Waals surface area contributed by atoms with Crippen molar-refractivity contribution in [3.63, 3.8) is 0 Å². The standard InChI is InChI=1S/C22H23FIN3O2Si/c1-30(2,3)9-8-29-13-27-20-11-14(4-6-16(20)21(24)26-27)10-18-17-12-15(23)5-7-19(17)25-22(18)28/h4-7,10-12H,8-9,13H2,1-3H3,(H,25,28). The van der Waals surface area contributed by atoms with E-state index in [1.165, 1.54) is 12.1 Å². The first-order valence-corrected chi connectivity index (χ1v) is 14.6. The molecule has 0 saturated carbocycles. The number of carbonyl (C=O) groups is 1. The van der Waals surface area contributed by atoms with Crippen molar-refractivity contribution in [2.45, 2.75) is 32.4 Å². The van der Waals surface area contributed by atoms with E-state index >= 15 is 0 Å². The van der Waals surface area contributed by atoms with Crippen LogP contribution in [0.1, 0.15) is 11.1 Å². The molecule has 1 aromatic heterocycles. The van der Waals surface area contributed by atoms with E-state index in [9.17, 15) is 9.18 Å². The smallest absolute Gasteiger partial charge is 0.256 e. The number of carbonyl (C=O) groups excluding carboxylic acids is 1. The molecule has 1 aliphatic heterocycles. The van der Waals surface area contributed by atoms with E-state index in [4.69, 9.17) is 4.74 Å². The number of hydrogen-bond donors (Lipinski definition) is 1. The Morgan fingerprint density at radius 1 is 1.23 bits per heavy atom. The highest BCUT2D eigenvalue weighted by Crippen LogP contribution is 2.34. The topological polar surface area (TPSA) is 56.2 Å². The van der Waals surface area contributed by atoms with Crippen molar-refractivity contribution in [1.82, 2.24) is 9.78 Å². The van der Waals surface area contributed by atoms with Gasteiger partial charge in [0.15, 0.2) is 0 Å². The lowest BCUT2D eigenvalue weighted by molar-refractivity contribution is -0.110. The van der Waals surface area contributed by atoms with Crippen LogP contribution in [0.25, 0.3) is 22.6 Å². The molecule has 1 amide bonds. The van der Waals surface area contributed by atoms with Gasteiger partial charge >= 0.3 is 0 Å². The third-order valence-electron chi connectivity index (χ3n) is 5.02. The van der Waals surface area contributed by atoms with Crippen molar-refractivity contribution in [1.29, 1.82) is 0 Å². The van der Waals surface area contributed by atoms with E-state index in [1.807, 2.05) is 22.9 Å². The lowest BCUT2D eigenvalue weighted by atomic mass is 10.0. The monoisotopic (exact) mass is 535 g/mol. The van der Waals surface area contributed by atoms with Gasteiger partial charge in [-0.25, -0.2) is 9.07 Å². The van der Waals surface area contributed by atoms with Crippen LogP contribution in [0.3, 0.4) is 0 Å². The van der Waals surface area contributed by atoms with Crippen LogP contribution in [0, 0.1) is 9.52 Å². The van der Waals surface area contributed by atoms with Crippen LogP contribution < -0.4 is 5.32 Å². The highest BCUT2D eigenvalue weighted by molar-refractivity contribution is 14.1. The lowest BCUT2D eigenvalue weighted by Crippen LogP contribution is -2.22. The molecule has 3 aromatic rings. The number of anilines is 1. The molecule has 0 unspecified atom stereocenters. The van der Waals surface area contributed by atoms with Gasteiger partial charge in [0.05, 0.1) is 5.52 Å². The molecular formula is C22H23FIN3O2Si. The Bertz CT molecular complexity index is 1170. The van der Waals surface area contributed by atoms with Crippen LogP contribution in [0.5, 0.6) is 0 Å². The van der Waals surface area contributed by atoms with Crippen LogP contribution in [-0.4, -0.2) is 30.4 Å². The summed E-state index contributed by atoms with van der Waals surface area (Å²) in [6, 6.07) is 11.3. The van der Waals surface area contributed by atoms with Crippen LogP contribution in [0.4, 0.5) is 10.1 Å². The predicted octanol–water partition coefficient (Wildman–Crippen LogP) is 5.59. The number of aromatic nitrogens is 2. The van der Waals surface area contributed by atoms with Gasteiger partial charge in [0.1, 0.15) is 16.2 Å². The molecule has 2 aromatic carbocycles. The van der Waals surface area contributed by atoms with E-state index < -0.39 is 8.07 Å². The molecule has 0 fully saturated rings. The highest BCUT2D eigenvalue weighted by atomic mass is 127. The molecule has 5 nitrogen and oxygen atoms in total. The number of ether oxygens (including phenoxy) is 1. The zero-order valence-electron chi connectivity index (χ0n) is 17.1. The molecule has 1 N–H and O–H groups in total. The Morgan fingerprint density at radius 3 is 2.80 bits per heavy atom. The summed E-state index contributed by atoms with van der Waals surface area (Å²) in [6.07, 6.45) is 1.79. The summed E-state index contributed by atoms with van der Waals surface area (Å²) >= 11 is 2.22. The van der Waals surface area contributed by atoms with E-state index in [0.717, 1.165) is 32.8 Å². The summed E-state index contributed by atoms with van der Waals surface area (Å²) in [5.41, 5.74) is 3.46. The first-order valence-electron chi connectivity index (χ1n) is 9.78. The molecule has 4 rings (SSSR count). The van der Waals surface area contributed by atoms with Crippen molar-refractivity contribution in [3.05, 3.63) is 57.0 Å². The number of nitrogens with one attached hydrogen (secondary N) is 1. The first-order chi connectivity index (χ1) is 14.2. The largest absolute Gasteiger partial charge is 0.360 e. The van der Waals surface area contributed by atoms with Gasteiger partial charge in [-0.3, -0.25) is 4.79 Å². The SMILES string of the molecule is C[Si](C)(C)CCOCn1nc(I)c2ccc(C=C3C(=O)Nc4ccc(F)cc43)cc21. The molecule has 0 spiro atoms. The molecule has 0 aliphatic carbocycles. The van der Waals surface area contributed by atoms with E-state index in [2.05, 4.69) is 52.6 Å². The normalized spacial score (nSPS) is 15.1. The van der Waals surface area contributed by atoms with E-state index in [-0.39, 0.29) is 11.7 Å². The minimum absolute atomic E-state index is 0.228. The van der Waals surface area contributed by atoms with Crippen LogP contribution >= 0.6 is 22.6 Å². The quantitative estimate of drug-likeness (QED) is 0.194. The second-order valence-electron chi connectivity index (χ2n) is 8.62. The summed E-state index contributed by atoms with van der Waals surface area (Å²) in [5, 5.41) is 8.42. The minimum atomic E-state index is -1.14. The Kier molecular flexibility index (Phi) is 5.82. The molecular weight excluding hydrogens is 512 g/mol. The number of rotatable bonds is 6. The molecule has 0 bridgehead atoms.